The van der Waals surface area contributed by atoms with Crippen LogP contribution in [-0.4, -0.2) is 45.2 Å². The molecule has 1 atom stereocenters. The van der Waals surface area contributed by atoms with Crippen LogP contribution in [0.25, 0.3) is 0 Å². The average Bonchev–Trinajstić information content (AvgIpc) is 2.22. The number of nitrogens with one attached hydrogen (secondary N) is 1. The predicted octanol–water partition coefficient (Wildman–Crippen LogP) is 1.68. The van der Waals surface area contributed by atoms with Crippen LogP contribution >= 0.6 is 0 Å². The fourth-order valence-corrected chi connectivity index (χ4v) is 3.33. The molecule has 0 radical (unpaired) electrons. The molecule has 0 rings (SSSR count). The largest absolute Gasteiger partial charge is 0.320 e. The highest BCUT2D eigenvalue weighted by Crippen LogP contribution is 2.14. The molecule has 0 amide bonds. The van der Waals surface area contributed by atoms with Crippen molar-refractivity contribution in [2.75, 3.05) is 26.4 Å². The summed E-state index contributed by atoms with van der Waals surface area (Å²) in [5.74, 6) is 0.778. The van der Waals surface area contributed by atoms with Crippen LogP contribution in [0.5, 0.6) is 0 Å². The summed E-state index contributed by atoms with van der Waals surface area (Å²) in [6, 6.07) is 0.0873. The van der Waals surface area contributed by atoms with Gasteiger partial charge in [0.1, 0.15) is 0 Å². The Bertz CT molecular complexity index is 289. The van der Waals surface area contributed by atoms with Crippen molar-refractivity contribution in [3.05, 3.63) is 0 Å². The Morgan fingerprint density at radius 3 is 2.24 bits per heavy atom. The molecule has 0 spiro atoms. The van der Waals surface area contributed by atoms with Crippen molar-refractivity contribution < 1.29 is 8.42 Å². The molecular formula is C12H28N2O2S. The van der Waals surface area contributed by atoms with Gasteiger partial charge in [-0.25, -0.2) is 12.7 Å². The second-order valence-corrected chi connectivity index (χ2v) is 7.27. The number of sulfonamides is 1. The van der Waals surface area contributed by atoms with Gasteiger partial charge >= 0.3 is 0 Å². The van der Waals surface area contributed by atoms with Crippen molar-refractivity contribution in [2.45, 2.75) is 46.1 Å². The van der Waals surface area contributed by atoms with E-state index in [4.69, 9.17) is 0 Å². The average molecular weight is 264 g/mol. The van der Waals surface area contributed by atoms with Crippen molar-refractivity contribution in [2.24, 2.45) is 5.92 Å². The molecule has 1 unspecified atom stereocenters. The minimum absolute atomic E-state index is 0.0873. The van der Waals surface area contributed by atoms with Crippen molar-refractivity contribution in [1.82, 2.24) is 9.62 Å². The molecule has 4 nitrogen and oxygen atoms in total. The Kier molecular flexibility index (Phi) is 8.00. The highest BCUT2D eigenvalue weighted by Gasteiger charge is 2.22. The molecular weight excluding hydrogens is 236 g/mol. The Morgan fingerprint density at radius 2 is 1.76 bits per heavy atom. The van der Waals surface area contributed by atoms with Gasteiger partial charge in [0.2, 0.25) is 10.0 Å². The third-order valence-corrected chi connectivity index (χ3v) is 4.99. The molecule has 104 valence electrons. The lowest BCUT2D eigenvalue weighted by molar-refractivity contribution is 0.337. The normalized spacial score (nSPS) is 14.5. The van der Waals surface area contributed by atoms with E-state index >= 15 is 0 Å². The van der Waals surface area contributed by atoms with Gasteiger partial charge in [0.15, 0.2) is 0 Å². The number of unbranched alkanes of at least 4 members (excludes halogenated alkanes) is 1. The van der Waals surface area contributed by atoms with E-state index in [9.17, 15) is 8.42 Å². The topological polar surface area (TPSA) is 49.4 Å². The van der Waals surface area contributed by atoms with Crippen LogP contribution in [0.15, 0.2) is 0 Å². The predicted molar refractivity (Wildman–Crippen MR) is 73.6 cm³/mol. The maximum Gasteiger partial charge on any atom is 0.214 e. The van der Waals surface area contributed by atoms with Gasteiger partial charge in [-0.2, -0.15) is 0 Å². The second kappa shape index (κ2) is 8.06. The first-order valence-electron chi connectivity index (χ1n) is 6.41. The first kappa shape index (κ1) is 16.9. The highest BCUT2D eigenvalue weighted by atomic mass is 32.2. The van der Waals surface area contributed by atoms with E-state index in [2.05, 4.69) is 19.2 Å². The van der Waals surface area contributed by atoms with Gasteiger partial charge < -0.3 is 5.32 Å². The second-order valence-electron chi connectivity index (χ2n) is 5.12. The van der Waals surface area contributed by atoms with Gasteiger partial charge in [0.05, 0.1) is 5.75 Å². The van der Waals surface area contributed by atoms with Crippen LogP contribution in [0.4, 0.5) is 0 Å². The van der Waals surface area contributed by atoms with Gasteiger partial charge in [-0.15, -0.1) is 0 Å². The first-order chi connectivity index (χ1) is 7.81. The van der Waals surface area contributed by atoms with E-state index in [1.807, 2.05) is 14.0 Å². The number of rotatable bonds is 9. The number of nitrogens with zero attached hydrogens (tertiary/aromatic N) is 1. The molecule has 0 fully saturated rings. The molecule has 0 bridgehead atoms. The SMILES string of the molecule is CNCCCCS(=O)(=O)N(C)C(C)CC(C)C. The van der Waals surface area contributed by atoms with Gasteiger partial charge in [-0.1, -0.05) is 13.8 Å². The number of hydrogen-bond acceptors (Lipinski definition) is 3. The van der Waals surface area contributed by atoms with E-state index in [1.54, 1.807) is 7.05 Å². The maximum atomic E-state index is 12.0. The smallest absolute Gasteiger partial charge is 0.214 e. The molecule has 0 heterocycles. The van der Waals surface area contributed by atoms with Gasteiger partial charge in [-0.05, 0) is 45.7 Å². The van der Waals surface area contributed by atoms with Crippen LogP contribution in [0.3, 0.4) is 0 Å². The fraction of sp³-hybridized carbons (Fsp3) is 1.00. The van der Waals surface area contributed by atoms with Crippen LogP contribution in [0.1, 0.15) is 40.0 Å². The molecule has 0 aromatic rings. The minimum Gasteiger partial charge on any atom is -0.320 e. The third kappa shape index (κ3) is 7.01. The molecule has 1 N–H and O–H groups in total. The number of hydrogen-bond donors (Lipinski definition) is 1. The molecule has 0 saturated heterocycles. The zero-order valence-corrected chi connectivity index (χ0v) is 12.7. The Balaban J connectivity index is 4.19. The van der Waals surface area contributed by atoms with Crippen LogP contribution in [-0.2, 0) is 10.0 Å². The lowest BCUT2D eigenvalue weighted by atomic mass is 10.1. The summed E-state index contributed by atoms with van der Waals surface area (Å²) in [5.41, 5.74) is 0. The summed E-state index contributed by atoms with van der Waals surface area (Å²) in [5, 5.41) is 3.02. The summed E-state index contributed by atoms with van der Waals surface area (Å²) in [7, 11) is 0.495. The zero-order chi connectivity index (χ0) is 13.5. The lowest BCUT2D eigenvalue weighted by Crippen LogP contribution is -2.37. The Hall–Kier alpha value is -0.130. The molecule has 0 aliphatic rings. The van der Waals surface area contributed by atoms with E-state index in [0.717, 1.165) is 25.8 Å². The molecule has 0 saturated carbocycles. The van der Waals surface area contributed by atoms with Crippen LogP contribution in [0, 0.1) is 5.92 Å². The van der Waals surface area contributed by atoms with Gasteiger partial charge in [0.25, 0.3) is 0 Å². The molecule has 0 aliphatic heterocycles. The standard InChI is InChI=1S/C12H28N2O2S/c1-11(2)10-12(3)14(5)17(15,16)9-7-6-8-13-4/h11-13H,6-10H2,1-5H3. The van der Waals surface area contributed by atoms with Crippen LogP contribution < -0.4 is 5.32 Å². The van der Waals surface area contributed by atoms with Crippen molar-refractivity contribution in [1.29, 1.82) is 0 Å². The summed E-state index contributed by atoms with van der Waals surface area (Å²) >= 11 is 0. The summed E-state index contributed by atoms with van der Waals surface area (Å²) < 4.78 is 25.6. The molecule has 17 heavy (non-hydrogen) atoms. The van der Waals surface area contributed by atoms with Crippen LogP contribution in [0.2, 0.25) is 0 Å². The Morgan fingerprint density at radius 1 is 1.18 bits per heavy atom. The monoisotopic (exact) mass is 264 g/mol. The maximum absolute atomic E-state index is 12.0. The van der Waals surface area contributed by atoms with E-state index in [0.29, 0.717) is 5.92 Å². The summed E-state index contributed by atoms with van der Waals surface area (Å²) in [6.07, 6.45) is 2.54. The molecule has 5 heteroatoms. The van der Waals surface area contributed by atoms with E-state index < -0.39 is 10.0 Å². The lowest BCUT2D eigenvalue weighted by Gasteiger charge is -2.25. The fourth-order valence-electron chi connectivity index (χ4n) is 1.84. The van der Waals surface area contributed by atoms with Crippen molar-refractivity contribution >= 4 is 10.0 Å². The van der Waals surface area contributed by atoms with E-state index in [-0.39, 0.29) is 11.8 Å². The molecule has 0 aromatic heterocycles. The Labute approximate surface area is 107 Å². The zero-order valence-electron chi connectivity index (χ0n) is 11.9. The summed E-state index contributed by atoms with van der Waals surface area (Å²) in [6.45, 7) is 7.08. The van der Waals surface area contributed by atoms with Crippen molar-refractivity contribution in [3.63, 3.8) is 0 Å². The molecule has 0 aromatic carbocycles. The highest BCUT2D eigenvalue weighted by molar-refractivity contribution is 7.89. The third-order valence-electron chi connectivity index (χ3n) is 2.95. The van der Waals surface area contributed by atoms with Gasteiger partial charge in [0, 0.05) is 13.1 Å². The summed E-state index contributed by atoms with van der Waals surface area (Å²) in [4.78, 5) is 0. The van der Waals surface area contributed by atoms with Gasteiger partial charge in [-0.3, -0.25) is 0 Å². The first-order valence-corrected chi connectivity index (χ1v) is 8.02. The molecule has 0 aliphatic carbocycles. The quantitative estimate of drug-likeness (QED) is 0.645. The van der Waals surface area contributed by atoms with E-state index in [1.165, 1.54) is 4.31 Å². The minimum atomic E-state index is -3.08. The van der Waals surface area contributed by atoms with Crippen molar-refractivity contribution in [3.8, 4) is 0 Å².